The summed E-state index contributed by atoms with van der Waals surface area (Å²) in [5.41, 5.74) is 4.20. The number of amides is 2. The lowest BCUT2D eigenvalue weighted by Gasteiger charge is -2.20. The van der Waals surface area contributed by atoms with Gasteiger partial charge in [0.25, 0.3) is 11.8 Å². The van der Waals surface area contributed by atoms with Gasteiger partial charge in [0.1, 0.15) is 5.76 Å². The number of aromatic nitrogens is 3. The summed E-state index contributed by atoms with van der Waals surface area (Å²) >= 11 is 0. The van der Waals surface area contributed by atoms with Gasteiger partial charge in [-0.1, -0.05) is 12.1 Å². The zero-order chi connectivity index (χ0) is 25.4. The van der Waals surface area contributed by atoms with Crippen LogP contribution >= 0.6 is 0 Å². The van der Waals surface area contributed by atoms with E-state index in [2.05, 4.69) is 31.4 Å². The molecule has 2 amide bonds. The van der Waals surface area contributed by atoms with Crippen LogP contribution in [0.5, 0.6) is 0 Å². The van der Waals surface area contributed by atoms with E-state index in [1.807, 2.05) is 35.9 Å². The van der Waals surface area contributed by atoms with Gasteiger partial charge in [-0.2, -0.15) is 5.10 Å². The molecule has 3 heterocycles. The average Bonchev–Trinajstić information content (AvgIpc) is 3.46. The molecular formula is C28H31N5O3. The fourth-order valence-electron chi connectivity index (χ4n) is 4.33. The van der Waals surface area contributed by atoms with Gasteiger partial charge in [-0.3, -0.25) is 9.59 Å². The van der Waals surface area contributed by atoms with Gasteiger partial charge < -0.3 is 15.1 Å². The standard InChI is InChI=1S/C28H31N5O3/c1-17-24-22(14-23(19-10-11-19)31-25(24)33(32-17)28(2,3)4)27(35)29-15-18-7-5-8-20(13-18)26(34)30-16-21-9-6-12-36-21/h5-9,12-14,19H,10-11,15-16H2,1-4H3,(H,29,35)(H,30,34). The van der Waals surface area contributed by atoms with Crippen LogP contribution in [0, 0.1) is 6.92 Å². The van der Waals surface area contributed by atoms with Crippen molar-refractivity contribution >= 4 is 22.8 Å². The number of aryl methyl sites for hydroxylation is 1. The van der Waals surface area contributed by atoms with Crippen LogP contribution in [0.1, 0.15) is 83.0 Å². The average molecular weight is 486 g/mol. The Morgan fingerprint density at radius 3 is 2.53 bits per heavy atom. The van der Waals surface area contributed by atoms with Crippen LogP contribution in [0.3, 0.4) is 0 Å². The molecular weight excluding hydrogens is 454 g/mol. The maximum Gasteiger partial charge on any atom is 0.252 e. The summed E-state index contributed by atoms with van der Waals surface area (Å²) in [6.07, 6.45) is 3.76. The number of pyridine rings is 1. The molecule has 4 aromatic rings. The van der Waals surface area contributed by atoms with E-state index in [0.717, 1.165) is 40.8 Å². The predicted octanol–water partition coefficient (Wildman–Crippen LogP) is 4.83. The molecule has 1 aromatic carbocycles. The molecule has 1 saturated carbocycles. The second-order valence-electron chi connectivity index (χ2n) is 10.4. The fraction of sp³-hybridized carbons (Fsp3) is 0.357. The Hall–Kier alpha value is -3.94. The molecule has 1 aliphatic rings. The highest BCUT2D eigenvalue weighted by Gasteiger charge is 2.30. The van der Waals surface area contributed by atoms with Crippen LogP contribution in [0.15, 0.2) is 53.1 Å². The second-order valence-corrected chi connectivity index (χ2v) is 10.4. The Kier molecular flexibility index (Phi) is 6.12. The Bertz CT molecular complexity index is 1430. The van der Waals surface area contributed by atoms with Crippen LogP contribution in [0.2, 0.25) is 0 Å². The molecule has 3 aromatic heterocycles. The summed E-state index contributed by atoms with van der Waals surface area (Å²) in [5, 5.41) is 11.4. The van der Waals surface area contributed by atoms with Crippen LogP contribution in [-0.2, 0) is 18.6 Å². The Labute approximate surface area is 210 Å². The lowest BCUT2D eigenvalue weighted by Crippen LogP contribution is -2.25. The second kappa shape index (κ2) is 9.26. The number of hydrogen-bond acceptors (Lipinski definition) is 5. The number of carbonyl (C=O) groups excluding carboxylic acids is 2. The lowest BCUT2D eigenvalue weighted by molar-refractivity contribution is 0.0944. The zero-order valence-corrected chi connectivity index (χ0v) is 21.1. The zero-order valence-electron chi connectivity index (χ0n) is 21.1. The van der Waals surface area contributed by atoms with Gasteiger partial charge >= 0.3 is 0 Å². The number of fused-ring (bicyclic) bond motifs is 1. The topological polar surface area (TPSA) is 102 Å². The summed E-state index contributed by atoms with van der Waals surface area (Å²) in [4.78, 5) is 30.9. The fourth-order valence-corrected chi connectivity index (χ4v) is 4.33. The summed E-state index contributed by atoms with van der Waals surface area (Å²) in [5.74, 6) is 0.718. The van der Waals surface area contributed by atoms with Crippen molar-refractivity contribution in [3.63, 3.8) is 0 Å². The molecule has 0 bridgehead atoms. The van der Waals surface area contributed by atoms with Crippen LogP contribution < -0.4 is 10.6 Å². The number of furan rings is 1. The summed E-state index contributed by atoms with van der Waals surface area (Å²) < 4.78 is 7.19. The first-order valence-corrected chi connectivity index (χ1v) is 12.3. The van der Waals surface area contributed by atoms with Crippen LogP contribution in [0.4, 0.5) is 0 Å². The van der Waals surface area contributed by atoms with Crippen molar-refractivity contribution in [2.24, 2.45) is 0 Å². The van der Waals surface area contributed by atoms with Gasteiger partial charge in [-0.05, 0) is 76.4 Å². The number of hydrogen-bond donors (Lipinski definition) is 2. The van der Waals surface area contributed by atoms with Gasteiger partial charge in [-0.25, -0.2) is 9.67 Å². The maximum absolute atomic E-state index is 13.4. The minimum absolute atomic E-state index is 0.173. The van der Waals surface area contributed by atoms with Gasteiger partial charge in [-0.15, -0.1) is 0 Å². The first-order chi connectivity index (χ1) is 17.2. The van der Waals surface area contributed by atoms with E-state index in [-0.39, 0.29) is 17.4 Å². The molecule has 5 rings (SSSR count). The minimum Gasteiger partial charge on any atom is -0.467 e. The molecule has 1 fully saturated rings. The quantitative estimate of drug-likeness (QED) is 0.391. The SMILES string of the molecule is Cc1nn(C(C)(C)C)c2nc(C3CC3)cc(C(=O)NCc3cccc(C(=O)NCc4ccco4)c3)c12. The number of nitrogens with zero attached hydrogens (tertiary/aromatic N) is 3. The molecule has 0 unspecified atom stereocenters. The molecule has 36 heavy (non-hydrogen) atoms. The number of carbonyl (C=O) groups is 2. The van der Waals surface area contributed by atoms with Crippen molar-refractivity contribution in [2.45, 2.75) is 65.1 Å². The van der Waals surface area contributed by atoms with Crippen molar-refractivity contribution in [3.8, 4) is 0 Å². The van der Waals surface area contributed by atoms with Crippen molar-refractivity contribution in [2.75, 3.05) is 0 Å². The number of rotatable bonds is 7. The third-order valence-electron chi connectivity index (χ3n) is 6.35. The van der Waals surface area contributed by atoms with Crippen molar-refractivity contribution < 1.29 is 14.0 Å². The lowest BCUT2D eigenvalue weighted by atomic mass is 10.1. The van der Waals surface area contributed by atoms with E-state index in [4.69, 9.17) is 14.5 Å². The monoisotopic (exact) mass is 485 g/mol. The highest BCUT2D eigenvalue weighted by Crippen LogP contribution is 2.41. The van der Waals surface area contributed by atoms with Gasteiger partial charge in [0.2, 0.25) is 0 Å². The molecule has 2 N–H and O–H groups in total. The van der Waals surface area contributed by atoms with E-state index in [1.54, 1.807) is 24.5 Å². The number of nitrogens with one attached hydrogen (secondary N) is 2. The molecule has 8 nitrogen and oxygen atoms in total. The third-order valence-corrected chi connectivity index (χ3v) is 6.35. The molecule has 0 atom stereocenters. The minimum atomic E-state index is -0.257. The number of benzene rings is 1. The van der Waals surface area contributed by atoms with Gasteiger partial charge in [0.05, 0.1) is 35.0 Å². The summed E-state index contributed by atoms with van der Waals surface area (Å²) in [7, 11) is 0. The summed E-state index contributed by atoms with van der Waals surface area (Å²) in [6, 6.07) is 12.8. The molecule has 0 aliphatic heterocycles. The Balaban J connectivity index is 1.35. The van der Waals surface area contributed by atoms with E-state index in [9.17, 15) is 9.59 Å². The molecule has 8 heteroatoms. The van der Waals surface area contributed by atoms with Gasteiger partial charge in [0.15, 0.2) is 5.65 Å². The van der Waals surface area contributed by atoms with Crippen molar-refractivity contribution in [3.05, 3.63) is 82.6 Å². The van der Waals surface area contributed by atoms with E-state index < -0.39 is 0 Å². The smallest absolute Gasteiger partial charge is 0.252 e. The first-order valence-electron chi connectivity index (χ1n) is 12.3. The highest BCUT2D eigenvalue weighted by molar-refractivity contribution is 6.06. The highest BCUT2D eigenvalue weighted by atomic mass is 16.3. The van der Waals surface area contributed by atoms with Crippen LogP contribution in [-0.4, -0.2) is 26.6 Å². The summed E-state index contributed by atoms with van der Waals surface area (Å²) in [6.45, 7) is 8.79. The molecule has 0 spiro atoms. The maximum atomic E-state index is 13.4. The van der Waals surface area contributed by atoms with Crippen LogP contribution in [0.25, 0.3) is 11.0 Å². The predicted molar refractivity (Wildman–Crippen MR) is 137 cm³/mol. The van der Waals surface area contributed by atoms with Gasteiger partial charge in [0, 0.05) is 23.7 Å². The normalized spacial score (nSPS) is 13.7. The van der Waals surface area contributed by atoms with E-state index in [1.165, 1.54) is 0 Å². The Morgan fingerprint density at radius 2 is 1.83 bits per heavy atom. The third kappa shape index (κ3) is 4.89. The van der Waals surface area contributed by atoms with Crippen molar-refractivity contribution in [1.82, 2.24) is 25.4 Å². The Morgan fingerprint density at radius 1 is 1.06 bits per heavy atom. The van der Waals surface area contributed by atoms with E-state index >= 15 is 0 Å². The molecule has 0 saturated heterocycles. The molecule has 186 valence electrons. The van der Waals surface area contributed by atoms with Crippen molar-refractivity contribution in [1.29, 1.82) is 0 Å². The molecule has 1 aliphatic carbocycles. The van der Waals surface area contributed by atoms with E-state index in [0.29, 0.717) is 35.9 Å². The first kappa shape index (κ1) is 23.8. The largest absolute Gasteiger partial charge is 0.467 e. The molecule has 0 radical (unpaired) electrons.